The monoisotopic (exact) mass is 289 g/mol. The highest BCUT2D eigenvalue weighted by Gasteiger charge is 2.28. The zero-order chi connectivity index (χ0) is 14.0. The summed E-state index contributed by atoms with van der Waals surface area (Å²) in [6.07, 6.45) is 3.76. The lowest BCUT2D eigenvalue weighted by atomic mass is 9.87. The van der Waals surface area contributed by atoms with E-state index in [1.54, 1.807) is 0 Å². The van der Waals surface area contributed by atoms with Crippen molar-refractivity contribution >= 4 is 10.0 Å². The predicted molar refractivity (Wildman–Crippen MR) is 68.1 cm³/mol. The van der Waals surface area contributed by atoms with Gasteiger partial charge < -0.3 is 0 Å². The van der Waals surface area contributed by atoms with Crippen LogP contribution in [0.1, 0.15) is 32.6 Å². The lowest BCUT2D eigenvalue weighted by molar-refractivity contribution is 0.310. The number of benzene rings is 1. The van der Waals surface area contributed by atoms with Crippen LogP contribution in [-0.4, -0.2) is 14.5 Å². The first-order chi connectivity index (χ1) is 8.90. The Bertz CT molecular complexity index is 560. The SMILES string of the molecule is CC1CCCCC1NS(=O)(=O)c1ccc(F)cc1F. The summed E-state index contributed by atoms with van der Waals surface area (Å²) in [5.41, 5.74) is 0. The molecule has 1 aromatic carbocycles. The second-order valence-corrected chi connectivity index (χ2v) is 6.75. The minimum absolute atomic E-state index is 0.178. The van der Waals surface area contributed by atoms with E-state index in [0.717, 1.165) is 37.8 Å². The van der Waals surface area contributed by atoms with Gasteiger partial charge in [-0.25, -0.2) is 21.9 Å². The highest BCUT2D eigenvalue weighted by atomic mass is 32.2. The second-order valence-electron chi connectivity index (χ2n) is 5.06. The maximum atomic E-state index is 13.5. The van der Waals surface area contributed by atoms with Gasteiger partial charge in [0.15, 0.2) is 0 Å². The van der Waals surface area contributed by atoms with Gasteiger partial charge in [0.2, 0.25) is 10.0 Å². The number of hydrogen-bond donors (Lipinski definition) is 1. The zero-order valence-electron chi connectivity index (χ0n) is 10.7. The van der Waals surface area contributed by atoms with Crippen molar-refractivity contribution in [1.29, 1.82) is 0 Å². The maximum Gasteiger partial charge on any atom is 0.243 e. The van der Waals surface area contributed by atoms with Gasteiger partial charge in [0.1, 0.15) is 16.5 Å². The van der Waals surface area contributed by atoms with Crippen LogP contribution in [-0.2, 0) is 10.0 Å². The average Bonchev–Trinajstić information content (AvgIpc) is 2.31. The van der Waals surface area contributed by atoms with Gasteiger partial charge in [-0.05, 0) is 30.9 Å². The highest BCUT2D eigenvalue weighted by molar-refractivity contribution is 7.89. The Balaban J connectivity index is 2.22. The summed E-state index contributed by atoms with van der Waals surface area (Å²) in [5.74, 6) is -1.62. The smallest absolute Gasteiger partial charge is 0.208 e. The van der Waals surface area contributed by atoms with Crippen molar-refractivity contribution in [2.75, 3.05) is 0 Å². The first-order valence-corrected chi connectivity index (χ1v) is 7.86. The summed E-state index contributed by atoms with van der Waals surface area (Å²) in [5, 5.41) is 0. The molecule has 106 valence electrons. The van der Waals surface area contributed by atoms with E-state index in [9.17, 15) is 17.2 Å². The summed E-state index contributed by atoms with van der Waals surface area (Å²) >= 11 is 0. The van der Waals surface area contributed by atoms with E-state index < -0.39 is 26.6 Å². The molecular weight excluding hydrogens is 272 g/mol. The van der Waals surface area contributed by atoms with Gasteiger partial charge in [-0.1, -0.05) is 19.8 Å². The third kappa shape index (κ3) is 3.30. The fourth-order valence-corrected chi connectivity index (χ4v) is 3.89. The van der Waals surface area contributed by atoms with Gasteiger partial charge in [-0.2, -0.15) is 0 Å². The van der Waals surface area contributed by atoms with Crippen LogP contribution in [0.15, 0.2) is 23.1 Å². The lowest BCUT2D eigenvalue weighted by Crippen LogP contribution is -2.41. The Hall–Kier alpha value is -1.01. The van der Waals surface area contributed by atoms with E-state index in [0.29, 0.717) is 6.07 Å². The number of hydrogen-bond acceptors (Lipinski definition) is 2. The maximum absolute atomic E-state index is 13.5. The van der Waals surface area contributed by atoms with Crippen LogP contribution < -0.4 is 4.72 Å². The molecule has 2 unspecified atom stereocenters. The Morgan fingerprint density at radius 2 is 1.89 bits per heavy atom. The van der Waals surface area contributed by atoms with Gasteiger partial charge in [0.05, 0.1) is 0 Å². The van der Waals surface area contributed by atoms with Crippen molar-refractivity contribution in [3.05, 3.63) is 29.8 Å². The van der Waals surface area contributed by atoms with Gasteiger partial charge >= 0.3 is 0 Å². The molecule has 0 spiro atoms. The minimum Gasteiger partial charge on any atom is -0.208 e. The number of nitrogens with one attached hydrogen (secondary N) is 1. The lowest BCUT2D eigenvalue weighted by Gasteiger charge is -2.29. The summed E-state index contributed by atoms with van der Waals surface area (Å²) in [7, 11) is -3.93. The van der Waals surface area contributed by atoms with E-state index in [1.165, 1.54) is 0 Å². The van der Waals surface area contributed by atoms with Crippen LogP contribution in [0.2, 0.25) is 0 Å². The summed E-state index contributed by atoms with van der Waals surface area (Å²) < 4.78 is 53.1. The molecule has 1 aromatic rings. The van der Waals surface area contributed by atoms with Gasteiger partial charge in [-0.3, -0.25) is 0 Å². The molecule has 2 atom stereocenters. The molecule has 0 aromatic heterocycles. The van der Waals surface area contributed by atoms with Crippen molar-refractivity contribution in [2.45, 2.75) is 43.5 Å². The third-order valence-electron chi connectivity index (χ3n) is 3.60. The number of sulfonamides is 1. The van der Waals surface area contributed by atoms with Crippen LogP contribution in [0.4, 0.5) is 8.78 Å². The van der Waals surface area contributed by atoms with Gasteiger partial charge in [-0.15, -0.1) is 0 Å². The number of rotatable bonds is 3. The summed E-state index contributed by atoms with van der Waals surface area (Å²) in [6.45, 7) is 1.98. The van der Waals surface area contributed by atoms with Crippen molar-refractivity contribution in [3.63, 3.8) is 0 Å². The molecule has 2 rings (SSSR count). The molecule has 0 radical (unpaired) electrons. The van der Waals surface area contributed by atoms with Crippen LogP contribution >= 0.6 is 0 Å². The molecular formula is C13H17F2NO2S. The number of halogens is 2. The van der Waals surface area contributed by atoms with Crippen molar-refractivity contribution in [3.8, 4) is 0 Å². The highest BCUT2D eigenvalue weighted by Crippen LogP contribution is 2.26. The van der Waals surface area contributed by atoms with E-state index in [1.807, 2.05) is 6.92 Å². The molecule has 19 heavy (non-hydrogen) atoms. The third-order valence-corrected chi connectivity index (χ3v) is 5.12. The molecule has 1 fully saturated rings. The van der Waals surface area contributed by atoms with Crippen LogP contribution in [0, 0.1) is 17.6 Å². The topological polar surface area (TPSA) is 46.2 Å². The Morgan fingerprint density at radius 1 is 1.21 bits per heavy atom. The Labute approximate surface area is 112 Å². The molecule has 0 saturated heterocycles. The average molecular weight is 289 g/mol. The van der Waals surface area contributed by atoms with Crippen molar-refractivity contribution in [1.82, 2.24) is 4.72 Å². The van der Waals surface area contributed by atoms with E-state index in [4.69, 9.17) is 0 Å². The molecule has 0 amide bonds. The van der Waals surface area contributed by atoms with Crippen LogP contribution in [0.3, 0.4) is 0 Å². The molecule has 1 saturated carbocycles. The standard InChI is InChI=1S/C13H17F2NO2S/c1-9-4-2-3-5-12(9)16-19(17,18)13-7-6-10(14)8-11(13)15/h6-9,12,16H,2-5H2,1H3. The molecule has 1 aliphatic rings. The van der Waals surface area contributed by atoms with Crippen molar-refractivity contribution < 1.29 is 17.2 Å². The first-order valence-electron chi connectivity index (χ1n) is 6.37. The molecule has 1 aliphatic carbocycles. The van der Waals surface area contributed by atoms with Crippen LogP contribution in [0.25, 0.3) is 0 Å². The minimum atomic E-state index is -3.93. The largest absolute Gasteiger partial charge is 0.243 e. The predicted octanol–water partition coefficient (Wildman–Crippen LogP) is 2.82. The molecule has 0 heterocycles. The Morgan fingerprint density at radius 3 is 2.53 bits per heavy atom. The summed E-state index contributed by atoms with van der Waals surface area (Å²) in [6, 6.07) is 2.31. The molecule has 3 nitrogen and oxygen atoms in total. The van der Waals surface area contributed by atoms with E-state index in [-0.39, 0.29) is 12.0 Å². The van der Waals surface area contributed by atoms with Gasteiger partial charge in [0.25, 0.3) is 0 Å². The second kappa shape index (κ2) is 5.54. The molecule has 6 heteroatoms. The normalized spacial score (nSPS) is 24.4. The molecule has 1 N–H and O–H groups in total. The van der Waals surface area contributed by atoms with Gasteiger partial charge in [0, 0.05) is 12.1 Å². The van der Waals surface area contributed by atoms with E-state index in [2.05, 4.69) is 4.72 Å². The van der Waals surface area contributed by atoms with Crippen molar-refractivity contribution in [2.24, 2.45) is 5.92 Å². The fraction of sp³-hybridized carbons (Fsp3) is 0.538. The first kappa shape index (κ1) is 14.4. The fourth-order valence-electron chi connectivity index (χ4n) is 2.45. The summed E-state index contributed by atoms with van der Waals surface area (Å²) in [4.78, 5) is -0.494. The Kier molecular flexibility index (Phi) is 4.20. The van der Waals surface area contributed by atoms with Crippen LogP contribution in [0.5, 0.6) is 0 Å². The zero-order valence-corrected chi connectivity index (χ0v) is 11.5. The van der Waals surface area contributed by atoms with E-state index >= 15 is 0 Å². The quantitative estimate of drug-likeness (QED) is 0.930. The molecule has 0 bridgehead atoms. The molecule has 0 aliphatic heterocycles.